The number of aromatic nitrogens is 2. The third kappa shape index (κ3) is 3.09. The number of hydrogen-bond acceptors (Lipinski definition) is 7. The summed E-state index contributed by atoms with van der Waals surface area (Å²) in [7, 11) is 0. The second-order valence-corrected chi connectivity index (χ2v) is 4.48. The van der Waals surface area contributed by atoms with Gasteiger partial charge in [0.15, 0.2) is 0 Å². The number of nitrogens with zero attached hydrogens (tertiary/aromatic N) is 3. The summed E-state index contributed by atoms with van der Waals surface area (Å²) < 4.78 is 0.841. The molecule has 2 rings (SSSR count). The number of nitrogens with one attached hydrogen (secondary N) is 2. The van der Waals surface area contributed by atoms with Crippen LogP contribution in [-0.2, 0) is 0 Å². The van der Waals surface area contributed by atoms with E-state index in [1.54, 1.807) is 24.3 Å². The second kappa shape index (κ2) is 5.51. The molecule has 0 aliphatic carbocycles. The summed E-state index contributed by atoms with van der Waals surface area (Å²) in [6.45, 7) is 0. The molecule has 19 heavy (non-hydrogen) atoms. The monoisotopic (exact) mass is 319 g/mol. The highest BCUT2D eigenvalue weighted by molar-refractivity contribution is 9.10. The van der Waals surface area contributed by atoms with Crippen molar-refractivity contribution in [2.75, 3.05) is 16.5 Å². The summed E-state index contributed by atoms with van der Waals surface area (Å²) >= 11 is 3.34. The Morgan fingerprint density at radius 1 is 1.21 bits per heavy atom. The van der Waals surface area contributed by atoms with Crippen LogP contribution in [0.3, 0.4) is 0 Å². The van der Waals surface area contributed by atoms with Crippen molar-refractivity contribution in [3.8, 4) is 6.07 Å². The van der Waals surface area contributed by atoms with Crippen LogP contribution in [0.5, 0.6) is 0 Å². The molecule has 0 saturated carbocycles. The van der Waals surface area contributed by atoms with E-state index in [0.29, 0.717) is 22.9 Å². The average molecular weight is 320 g/mol. The van der Waals surface area contributed by atoms with Gasteiger partial charge in [0.25, 0.3) is 0 Å². The Hall–Kier alpha value is -2.37. The van der Waals surface area contributed by atoms with Gasteiger partial charge in [-0.15, -0.1) is 0 Å². The van der Waals surface area contributed by atoms with Crippen molar-refractivity contribution in [3.63, 3.8) is 0 Å². The molecule has 0 aliphatic rings. The summed E-state index contributed by atoms with van der Waals surface area (Å²) in [5.41, 5.74) is 9.04. The molecule has 0 atom stereocenters. The second-order valence-electron chi connectivity index (χ2n) is 3.57. The van der Waals surface area contributed by atoms with E-state index in [1.807, 2.05) is 0 Å². The minimum Gasteiger partial charge on any atom is -0.368 e. The zero-order valence-corrected chi connectivity index (χ0v) is 11.3. The van der Waals surface area contributed by atoms with Gasteiger partial charge < -0.3 is 16.5 Å². The standard InChI is InChI=1S/C11H10BrN7/c12-7-2-1-6(5-13)8(3-7)16-9-4-10(19-15)18-11(14)17-9/h1-4H,15H2,(H4,14,16,17,18,19). The summed E-state index contributed by atoms with van der Waals surface area (Å²) in [4.78, 5) is 7.89. The molecule has 0 aliphatic heterocycles. The van der Waals surface area contributed by atoms with Crippen LogP contribution < -0.4 is 22.3 Å². The summed E-state index contributed by atoms with van der Waals surface area (Å²) in [5, 5.41) is 12.0. The van der Waals surface area contributed by atoms with E-state index in [1.165, 1.54) is 0 Å². The first kappa shape index (κ1) is 13.1. The molecule has 0 amide bonds. The van der Waals surface area contributed by atoms with E-state index < -0.39 is 0 Å². The van der Waals surface area contributed by atoms with Gasteiger partial charge in [0, 0.05) is 10.5 Å². The quantitative estimate of drug-likeness (QED) is 0.501. The molecule has 0 spiro atoms. The van der Waals surface area contributed by atoms with Crippen LogP contribution >= 0.6 is 15.9 Å². The normalized spacial score (nSPS) is 9.74. The minimum absolute atomic E-state index is 0.0754. The molecule has 0 unspecified atom stereocenters. The maximum atomic E-state index is 9.05. The van der Waals surface area contributed by atoms with Crippen LogP contribution in [0.4, 0.5) is 23.3 Å². The first-order valence-electron chi connectivity index (χ1n) is 5.20. The number of hydrazine groups is 1. The number of nitrogens with two attached hydrogens (primary N) is 2. The lowest BCUT2D eigenvalue weighted by Crippen LogP contribution is -2.11. The highest BCUT2D eigenvalue weighted by Crippen LogP contribution is 2.24. The largest absolute Gasteiger partial charge is 0.368 e. The predicted molar refractivity (Wildman–Crippen MR) is 76.4 cm³/mol. The van der Waals surface area contributed by atoms with Gasteiger partial charge >= 0.3 is 0 Å². The molecular formula is C11H10BrN7. The zero-order chi connectivity index (χ0) is 13.8. The number of nitriles is 1. The molecule has 6 N–H and O–H groups in total. The van der Waals surface area contributed by atoms with Crippen molar-refractivity contribution >= 4 is 39.2 Å². The fourth-order valence-electron chi connectivity index (χ4n) is 1.46. The molecule has 7 nitrogen and oxygen atoms in total. The van der Waals surface area contributed by atoms with Crippen molar-refractivity contribution in [2.45, 2.75) is 0 Å². The van der Waals surface area contributed by atoms with Gasteiger partial charge in [0.05, 0.1) is 11.3 Å². The molecule has 0 bridgehead atoms. The highest BCUT2D eigenvalue weighted by atomic mass is 79.9. The third-order valence-electron chi connectivity index (χ3n) is 2.26. The van der Waals surface area contributed by atoms with Gasteiger partial charge in [-0.3, -0.25) is 0 Å². The first-order valence-corrected chi connectivity index (χ1v) is 5.99. The van der Waals surface area contributed by atoms with Crippen molar-refractivity contribution in [1.29, 1.82) is 5.26 Å². The van der Waals surface area contributed by atoms with Crippen LogP contribution in [0.25, 0.3) is 0 Å². The Labute approximate surface area is 117 Å². The van der Waals surface area contributed by atoms with Crippen molar-refractivity contribution in [2.24, 2.45) is 5.84 Å². The van der Waals surface area contributed by atoms with E-state index in [4.69, 9.17) is 16.8 Å². The van der Waals surface area contributed by atoms with Crippen LogP contribution in [-0.4, -0.2) is 9.97 Å². The lowest BCUT2D eigenvalue weighted by Gasteiger charge is -2.09. The maximum Gasteiger partial charge on any atom is 0.223 e. The molecule has 1 heterocycles. The lowest BCUT2D eigenvalue weighted by molar-refractivity contribution is 1.15. The average Bonchev–Trinajstić information content (AvgIpc) is 2.38. The predicted octanol–water partition coefficient (Wildman–Crippen LogP) is 1.72. The fraction of sp³-hybridized carbons (Fsp3) is 0. The Bertz CT molecular complexity index is 650. The van der Waals surface area contributed by atoms with Crippen LogP contribution in [0.1, 0.15) is 5.56 Å². The zero-order valence-electron chi connectivity index (χ0n) is 9.68. The minimum atomic E-state index is 0.0754. The lowest BCUT2D eigenvalue weighted by atomic mass is 10.2. The summed E-state index contributed by atoms with van der Waals surface area (Å²) in [5.74, 6) is 6.17. The molecule has 0 fully saturated rings. The molecular weight excluding hydrogens is 310 g/mol. The van der Waals surface area contributed by atoms with Gasteiger partial charge in [-0.05, 0) is 18.2 Å². The van der Waals surface area contributed by atoms with E-state index in [0.717, 1.165) is 4.47 Å². The Morgan fingerprint density at radius 3 is 2.63 bits per heavy atom. The Morgan fingerprint density at radius 2 is 1.95 bits per heavy atom. The van der Waals surface area contributed by atoms with Crippen LogP contribution in [0.2, 0.25) is 0 Å². The van der Waals surface area contributed by atoms with Crippen molar-refractivity contribution < 1.29 is 0 Å². The number of benzene rings is 1. The van der Waals surface area contributed by atoms with E-state index >= 15 is 0 Å². The SMILES string of the molecule is N#Cc1ccc(Br)cc1Nc1cc(NN)nc(N)n1. The molecule has 8 heteroatoms. The number of nitrogen functional groups attached to an aromatic ring is 2. The topological polar surface area (TPSA) is 126 Å². The van der Waals surface area contributed by atoms with Gasteiger partial charge in [0.2, 0.25) is 5.95 Å². The molecule has 1 aromatic carbocycles. The molecule has 2 aromatic rings. The van der Waals surface area contributed by atoms with Gasteiger partial charge in [0.1, 0.15) is 17.7 Å². The number of rotatable bonds is 3. The van der Waals surface area contributed by atoms with Gasteiger partial charge in [-0.2, -0.15) is 15.2 Å². The molecule has 1 aromatic heterocycles. The molecule has 0 saturated heterocycles. The van der Waals surface area contributed by atoms with Crippen LogP contribution in [0.15, 0.2) is 28.7 Å². The molecule has 0 radical (unpaired) electrons. The summed E-state index contributed by atoms with van der Waals surface area (Å²) in [6.07, 6.45) is 0. The smallest absolute Gasteiger partial charge is 0.223 e. The number of hydrogen-bond donors (Lipinski definition) is 4. The van der Waals surface area contributed by atoms with Crippen molar-refractivity contribution in [3.05, 3.63) is 34.3 Å². The Balaban J connectivity index is 2.38. The maximum absolute atomic E-state index is 9.05. The number of halogens is 1. The van der Waals surface area contributed by atoms with E-state index in [9.17, 15) is 0 Å². The van der Waals surface area contributed by atoms with E-state index in [-0.39, 0.29) is 5.95 Å². The number of anilines is 4. The van der Waals surface area contributed by atoms with Crippen molar-refractivity contribution in [1.82, 2.24) is 9.97 Å². The molecule has 96 valence electrons. The third-order valence-corrected chi connectivity index (χ3v) is 2.75. The Kier molecular flexibility index (Phi) is 3.79. The van der Waals surface area contributed by atoms with Gasteiger partial charge in [-0.25, -0.2) is 5.84 Å². The van der Waals surface area contributed by atoms with Gasteiger partial charge in [-0.1, -0.05) is 15.9 Å². The van der Waals surface area contributed by atoms with Crippen LogP contribution in [0, 0.1) is 11.3 Å². The highest BCUT2D eigenvalue weighted by Gasteiger charge is 2.06. The van der Waals surface area contributed by atoms with E-state index in [2.05, 4.69) is 42.7 Å². The first-order chi connectivity index (χ1) is 9.12. The fourth-order valence-corrected chi connectivity index (χ4v) is 1.82. The summed E-state index contributed by atoms with van der Waals surface area (Å²) in [6, 6.07) is 8.92.